The van der Waals surface area contributed by atoms with Crippen molar-refractivity contribution in [3.05, 3.63) is 0 Å². The molecule has 4 nitrogen and oxygen atoms in total. The zero-order chi connectivity index (χ0) is 13.6. The van der Waals surface area contributed by atoms with E-state index in [1.165, 1.54) is 6.26 Å². The molecule has 1 saturated heterocycles. The topological polar surface area (TPSA) is 55.4 Å². The fourth-order valence-electron chi connectivity index (χ4n) is 2.51. The second-order valence-corrected chi connectivity index (χ2v) is 7.69. The maximum absolute atomic E-state index is 11.2. The molecule has 3 atom stereocenters. The Balaban J connectivity index is 2.44. The average molecular weight is 277 g/mol. The van der Waals surface area contributed by atoms with Crippen molar-refractivity contribution >= 4 is 9.84 Å². The summed E-state index contributed by atoms with van der Waals surface area (Å²) in [6.07, 6.45) is 5.34. The van der Waals surface area contributed by atoms with Gasteiger partial charge in [-0.05, 0) is 38.1 Å². The Morgan fingerprint density at radius 1 is 1.44 bits per heavy atom. The minimum absolute atomic E-state index is 0.246. The van der Waals surface area contributed by atoms with E-state index < -0.39 is 9.84 Å². The summed E-state index contributed by atoms with van der Waals surface area (Å²) >= 11 is 0. The molecular formula is C13H27NO3S. The number of hydrogen-bond acceptors (Lipinski definition) is 4. The predicted molar refractivity (Wildman–Crippen MR) is 74.5 cm³/mol. The fourth-order valence-corrected chi connectivity index (χ4v) is 3.20. The molecule has 1 fully saturated rings. The molecule has 1 heterocycles. The van der Waals surface area contributed by atoms with Crippen LogP contribution in [0.1, 0.15) is 39.5 Å². The maximum atomic E-state index is 11.2. The van der Waals surface area contributed by atoms with Crippen molar-refractivity contribution in [2.24, 2.45) is 5.92 Å². The normalized spacial score (nSPS) is 26.4. The van der Waals surface area contributed by atoms with Gasteiger partial charge in [0.2, 0.25) is 0 Å². The van der Waals surface area contributed by atoms with Gasteiger partial charge in [0, 0.05) is 24.7 Å². The fraction of sp³-hybridized carbons (Fsp3) is 1.00. The molecule has 0 spiro atoms. The molecule has 0 aromatic carbocycles. The quantitative estimate of drug-likeness (QED) is 0.732. The lowest BCUT2D eigenvalue weighted by Crippen LogP contribution is -2.42. The van der Waals surface area contributed by atoms with E-state index in [0.29, 0.717) is 18.4 Å². The van der Waals surface area contributed by atoms with Crippen molar-refractivity contribution in [3.8, 4) is 0 Å². The highest BCUT2D eigenvalue weighted by atomic mass is 32.2. The first-order valence-electron chi connectivity index (χ1n) is 6.96. The summed E-state index contributed by atoms with van der Waals surface area (Å²) < 4.78 is 28.1. The molecule has 0 aliphatic carbocycles. The Bertz CT molecular complexity index is 329. The molecule has 1 rings (SSSR count). The highest BCUT2D eigenvalue weighted by Crippen LogP contribution is 2.25. The molecule has 0 saturated carbocycles. The molecule has 3 unspecified atom stereocenters. The van der Waals surface area contributed by atoms with Crippen molar-refractivity contribution in [1.29, 1.82) is 0 Å². The smallest absolute Gasteiger partial charge is 0.147 e. The van der Waals surface area contributed by atoms with Crippen molar-refractivity contribution in [1.82, 2.24) is 5.32 Å². The first-order chi connectivity index (χ1) is 8.44. The van der Waals surface area contributed by atoms with Gasteiger partial charge in [-0.3, -0.25) is 0 Å². The third kappa shape index (κ3) is 5.67. The lowest BCUT2D eigenvalue weighted by Gasteiger charge is -2.27. The highest BCUT2D eigenvalue weighted by molar-refractivity contribution is 7.90. The summed E-state index contributed by atoms with van der Waals surface area (Å²) in [6.45, 7) is 6.16. The lowest BCUT2D eigenvalue weighted by atomic mass is 9.94. The minimum Gasteiger partial charge on any atom is -0.376 e. The van der Waals surface area contributed by atoms with Crippen LogP contribution in [-0.2, 0) is 14.6 Å². The Morgan fingerprint density at radius 2 is 2.17 bits per heavy atom. The van der Waals surface area contributed by atoms with Gasteiger partial charge in [-0.25, -0.2) is 8.42 Å². The van der Waals surface area contributed by atoms with Gasteiger partial charge in [-0.15, -0.1) is 0 Å². The van der Waals surface area contributed by atoms with E-state index in [1.54, 1.807) is 0 Å². The summed E-state index contributed by atoms with van der Waals surface area (Å²) in [5, 5.41) is 3.51. The van der Waals surface area contributed by atoms with Crippen LogP contribution in [0.25, 0.3) is 0 Å². The SMILES string of the molecule is CCCNC(CCCS(C)(=O)=O)C1OCCC1C. The van der Waals surface area contributed by atoms with Gasteiger partial charge in [0.15, 0.2) is 0 Å². The van der Waals surface area contributed by atoms with Gasteiger partial charge in [-0.1, -0.05) is 13.8 Å². The van der Waals surface area contributed by atoms with Gasteiger partial charge in [-0.2, -0.15) is 0 Å². The van der Waals surface area contributed by atoms with Crippen LogP contribution in [0.4, 0.5) is 0 Å². The third-order valence-electron chi connectivity index (χ3n) is 3.53. The summed E-state index contributed by atoms with van der Waals surface area (Å²) in [6, 6.07) is 0.296. The van der Waals surface area contributed by atoms with Crippen molar-refractivity contribution < 1.29 is 13.2 Å². The van der Waals surface area contributed by atoms with E-state index in [1.807, 2.05) is 0 Å². The molecule has 1 aliphatic heterocycles. The Kier molecular flexibility index (Phi) is 6.60. The van der Waals surface area contributed by atoms with Crippen LogP contribution < -0.4 is 5.32 Å². The van der Waals surface area contributed by atoms with Crippen LogP contribution in [0, 0.1) is 5.92 Å². The van der Waals surface area contributed by atoms with Crippen molar-refractivity contribution in [2.75, 3.05) is 25.2 Å². The highest BCUT2D eigenvalue weighted by Gasteiger charge is 2.31. The molecule has 5 heteroatoms. The zero-order valence-corrected chi connectivity index (χ0v) is 12.6. The number of rotatable bonds is 8. The second kappa shape index (κ2) is 7.46. The van der Waals surface area contributed by atoms with E-state index in [0.717, 1.165) is 32.4 Å². The lowest BCUT2D eigenvalue weighted by molar-refractivity contribution is 0.0581. The molecule has 1 aliphatic rings. The van der Waals surface area contributed by atoms with Gasteiger partial charge in [0.1, 0.15) is 9.84 Å². The third-order valence-corrected chi connectivity index (χ3v) is 4.56. The molecule has 0 aromatic rings. The van der Waals surface area contributed by atoms with E-state index >= 15 is 0 Å². The van der Waals surface area contributed by atoms with Gasteiger partial charge >= 0.3 is 0 Å². The number of ether oxygens (including phenoxy) is 1. The van der Waals surface area contributed by atoms with Crippen LogP contribution in [0.5, 0.6) is 0 Å². The molecule has 1 N–H and O–H groups in total. The number of nitrogens with one attached hydrogen (secondary N) is 1. The first-order valence-corrected chi connectivity index (χ1v) is 9.02. The number of sulfone groups is 1. The van der Waals surface area contributed by atoms with Gasteiger partial charge < -0.3 is 10.1 Å². The molecule has 0 radical (unpaired) electrons. The summed E-state index contributed by atoms with van der Waals surface area (Å²) in [4.78, 5) is 0. The molecule has 18 heavy (non-hydrogen) atoms. The van der Waals surface area contributed by atoms with Gasteiger partial charge in [0.25, 0.3) is 0 Å². The van der Waals surface area contributed by atoms with E-state index in [2.05, 4.69) is 19.2 Å². The minimum atomic E-state index is -2.85. The zero-order valence-electron chi connectivity index (χ0n) is 11.8. The average Bonchev–Trinajstić information content (AvgIpc) is 2.68. The van der Waals surface area contributed by atoms with E-state index in [9.17, 15) is 8.42 Å². The van der Waals surface area contributed by atoms with Crippen LogP contribution in [-0.4, -0.2) is 45.7 Å². The Hall–Kier alpha value is -0.130. The van der Waals surface area contributed by atoms with Crippen LogP contribution in [0.2, 0.25) is 0 Å². The second-order valence-electron chi connectivity index (χ2n) is 5.43. The molecule has 0 aromatic heterocycles. The monoisotopic (exact) mass is 277 g/mol. The van der Waals surface area contributed by atoms with E-state index in [-0.39, 0.29) is 11.9 Å². The van der Waals surface area contributed by atoms with Gasteiger partial charge in [0.05, 0.1) is 6.10 Å². The predicted octanol–water partition coefficient (Wildman–Crippen LogP) is 1.60. The van der Waals surface area contributed by atoms with Crippen LogP contribution >= 0.6 is 0 Å². The summed E-state index contributed by atoms with van der Waals surface area (Å²) in [5.41, 5.74) is 0. The molecule has 108 valence electrons. The maximum Gasteiger partial charge on any atom is 0.147 e. The standard InChI is InChI=1S/C13H27NO3S/c1-4-8-14-12(6-5-10-18(3,15)16)13-11(2)7-9-17-13/h11-14H,4-10H2,1-3H3. The van der Waals surface area contributed by atoms with Crippen molar-refractivity contribution in [3.63, 3.8) is 0 Å². The van der Waals surface area contributed by atoms with E-state index in [4.69, 9.17) is 4.74 Å². The van der Waals surface area contributed by atoms with Crippen LogP contribution in [0.3, 0.4) is 0 Å². The number of hydrogen-bond donors (Lipinski definition) is 1. The Morgan fingerprint density at radius 3 is 2.67 bits per heavy atom. The first kappa shape index (κ1) is 15.9. The molecule has 0 bridgehead atoms. The Labute approximate surface area is 111 Å². The summed E-state index contributed by atoms with van der Waals surface area (Å²) in [5.74, 6) is 0.843. The largest absolute Gasteiger partial charge is 0.376 e. The van der Waals surface area contributed by atoms with Crippen LogP contribution in [0.15, 0.2) is 0 Å². The molecular weight excluding hydrogens is 250 g/mol. The summed E-state index contributed by atoms with van der Waals surface area (Å²) in [7, 11) is -2.85. The van der Waals surface area contributed by atoms with Crippen molar-refractivity contribution in [2.45, 2.75) is 51.7 Å². The molecule has 0 amide bonds.